The summed E-state index contributed by atoms with van der Waals surface area (Å²) in [6.45, 7) is 8.90. The van der Waals surface area contributed by atoms with Crippen LogP contribution in [0.15, 0.2) is 0 Å². The van der Waals surface area contributed by atoms with Gasteiger partial charge in [-0.05, 0) is 39.5 Å². The number of hydrogen-bond acceptors (Lipinski definition) is 3. The average Bonchev–Trinajstić information content (AvgIpc) is 2.15. The molecule has 1 aliphatic rings. The maximum atomic E-state index is 9.64. The number of rotatable bonds is 6. The molecule has 0 aliphatic carbocycles. The summed E-state index contributed by atoms with van der Waals surface area (Å²) in [6, 6.07) is 0. The van der Waals surface area contributed by atoms with E-state index in [1.807, 2.05) is 13.8 Å². The second-order valence-corrected chi connectivity index (χ2v) is 6.08. The third kappa shape index (κ3) is 7.02. The molecule has 0 saturated carbocycles. The van der Waals surface area contributed by atoms with Crippen LogP contribution in [0.5, 0.6) is 0 Å². The molecule has 3 nitrogen and oxygen atoms in total. The first-order valence-electron chi connectivity index (χ1n) is 6.86. The Balaban J connectivity index is 2.13. The zero-order valence-electron chi connectivity index (χ0n) is 11.7. The second kappa shape index (κ2) is 6.72. The Labute approximate surface area is 105 Å². The lowest BCUT2D eigenvalue weighted by Gasteiger charge is -2.30. The van der Waals surface area contributed by atoms with E-state index in [0.717, 1.165) is 38.7 Å². The third-order valence-electron chi connectivity index (χ3n) is 3.29. The van der Waals surface area contributed by atoms with Crippen LogP contribution in [0.4, 0.5) is 0 Å². The van der Waals surface area contributed by atoms with E-state index in [4.69, 9.17) is 9.47 Å². The van der Waals surface area contributed by atoms with E-state index >= 15 is 0 Å². The largest absolute Gasteiger partial charge is 0.390 e. The Bertz CT molecular complexity index is 210. The molecule has 1 rings (SSSR count). The molecule has 0 bridgehead atoms. The van der Waals surface area contributed by atoms with Crippen molar-refractivity contribution in [2.45, 2.75) is 77.8 Å². The summed E-state index contributed by atoms with van der Waals surface area (Å²) in [6.07, 6.45) is 5.34. The molecule has 0 amide bonds. The van der Waals surface area contributed by atoms with Crippen molar-refractivity contribution in [3.8, 4) is 0 Å². The van der Waals surface area contributed by atoms with Gasteiger partial charge < -0.3 is 14.6 Å². The first kappa shape index (κ1) is 14.9. The predicted molar refractivity (Wildman–Crippen MR) is 68.8 cm³/mol. The summed E-state index contributed by atoms with van der Waals surface area (Å²) < 4.78 is 11.3. The highest BCUT2D eigenvalue weighted by Gasteiger charge is 2.22. The predicted octanol–water partition coefficient (Wildman–Crippen LogP) is 3.11. The second-order valence-electron chi connectivity index (χ2n) is 6.08. The standard InChI is InChI=1S/C14H28O3/c1-11(6-5-8-14(3,4)15)10-13-16-9-7-12(2)17-13/h11-13,15H,5-10H2,1-4H3/t11-,12+,13-/m1/s1. The fraction of sp³-hybridized carbons (Fsp3) is 1.00. The Hall–Kier alpha value is -0.120. The molecule has 17 heavy (non-hydrogen) atoms. The highest BCUT2D eigenvalue weighted by molar-refractivity contribution is 4.67. The molecule has 1 N–H and O–H groups in total. The highest BCUT2D eigenvalue weighted by Crippen LogP contribution is 2.23. The Morgan fingerprint density at radius 1 is 1.41 bits per heavy atom. The summed E-state index contributed by atoms with van der Waals surface area (Å²) in [5.74, 6) is 0.590. The Kier molecular flexibility index (Phi) is 5.90. The molecule has 3 heteroatoms. The highest BCUT2D eigenvalue weighted by atomic mass is 16.7. The molecule has 1 saturated heterocycles. The number of ether oxygens (including phenoxy) is 2. The molecule has 0 aromatic carbocycles. The number of aliphatic hydroxyl groups is 1. The molecule has 102 valence electrons. The molecule has 0 radical (unpaired) electrons. The fourth-order valence-corrected chi connectivity index (χ4v) is 2.18. The van der Waals surface area contributed by atoms with Crippen LogP contribution in [0, 0.1) is 5.92 Å². The lowest BCUT2D eigenvalue weighted by molar-refractivity contribution is -0.214. The van der Waals surface area contributed by atoms with Gasteiger partial charge in [0.15, 0.2) is 6.29 Å². The molecule has 0 aromatic heterocycles. The first-order chi connectivity index (χ1) is 7.87. The van der Waals surface area contributed by atoms with E-state index in [2.05, 4.69) is 13.8 Å². The van der Waals surface area contributed by atoms with Crippen molar-refractivity contribution >= 4 is 0 Å². The van der Waals surface area contributed by atoms with Crippen LogP contribution >= 0.6 is 0 Å². The summed E-state index contributed by atoms with van der Waals surface area (Å²) in [5, 5.41) is 9.64. The van der Waals surface area contributed by atoms with Crippen LogP contribution in [-0.4, -0.2) is 29.7 Å². The van der Waals surface area contributed by atoms with E-state index in [1.54, 1.807) is 0 Å². The minimum absolute atomic E-state index is 0.0177. The van der Waals surface area contributed by atoms with Crippen molar-refractivity contribution in [3.63, 3.8) is 0 Å². The average molecular weight is 244 g/mol. The molecule has 1 fully saturated rings. The van der Waals surface area contributed by atoms with Gasteiger partial charge in [0.2, 0.25) is 0 Å². The first-order valence-corrected chi connectivity index (χ1v) is 6.86. The van der Waals surface area contributed by atoms with Gasteiger partial charge in [-0.15, -0.1) is 0 Å². The van der Waals surface area contributed by atoms with Crippen molar-refractivity contribution in [3.05, 3.63) is 0 Å². The van der Waals surface area contributed by atoms with Gasteiger partial charge >= 0.3 is 0 Å². The van der Waals surface area contributed by atoms with Crippen molar-refractivity contribution in [1.29, 1.82) is 0 Å². The maximum Gasteiger partial charge on any atom is 0.158 e. The van der Waals surface area contributed by atoms with Crippen LogP contribution in [-0.2, 0) is 9.47 Å². The van der Waals surface area contributed by atoms with E-state index in [-0.39, 0.29) is 6.29 Å². The Morgan fingerprint density at radius 3 is 2.71 bits per heavy atom. The SMILES string of the molecule is C[C@H](CCCC(C)(C)O)C[C@@H]1OCC[C@H](C)O1. The van der Waals surface area contributed by atoms with Gasteiger partial charge in [-0.25, -0.2) is 0 Å². The van der Waals surface area contributed by atoms with Gasteiger partial charge in [0, 0.05) is 6.42 Å². The van der Waals surface area contributed by atoms with Crippen LogP contribution in [0.1, 0.15) is 59.8 Å². The molecular formula is C14H28O3. The lowest BCUT2D eigenvalue weighted by atomic mass is 9.95. The zero-order chi connectivity index (χ0) is 12.9. The maximum absolute atomic E-state index is 9.64. The fourth-order valence-electron chi connectivity index (χ4n) is 2.18. The van der Waals surface area contributed by atoms with Gasteiger partial charge in [0.05, 0.1) is 18.3 Å². The number of hydrogen-bond donors (Lipinski definition) is 1. The quantitative estimate of drug-likeness (QED) is 0.780. The van der Waals surface area contributed by atoms with Gasteiger partial charge in [-0.3, -0.25) is 0 Å². The van der Waals surface area contributed by atoms with Crippen LogP contribution < -0.4 is 0 Å². The van der Waals surface area contributed by atoms with Crippen molar-refractivity contribution in [1.82, 2.24) is 0 Å². The Morgan fingerprint density at radius 2 is 2.12 bits per heavy atom. The van der Waals surface area contributed by atoms with E-state index in [1.165, 1.54) is 0 Å². The summed E-state index contributed by atoms with van der Waals surface area (Å²) >= 11 is 0. The lowest BCUT2D eigenvalue weighted by Crippen LogP contribution is -2.31. The smallest absolute Gasteiger partial charge is 0.158 e. The monoisotopic (exact) mass is 244 g/mol. The van der Waals surface area contributed by atoms with E-state index in [0.29, 0.717) is 12.0 Å². The van der Waals surface area contributed by atoms with Gasteiger partial charge in [-0.2, -0.15) is 0 Å². The molecule has 0 aromatic rings. The zero-order valence-corrected chi connectivity index (χ0v) is 11.7. The molecular weight excluding hydrogens is 216 g/mol. The normalized spacial score (nSPS) is 28.1. The minimum Gasteiger partial charge on any atom is -0.390 e. The van der Waals surface area contributed by atoms with Crippen LogP contribution in [0.25, 0.3) is 0 Å². The third-order valence-corrected chi connectivity index (χ3v) is 3.29. The molecule has 0 spiro atoms. The molecule has 1 aliphatic heterocycles. The summed E-state index contributed by atoms with van der Waals surface area (Å²) in [5.41, 5.74) is -0.536. The van der Waals surface area contributed by atoms with Crippen LogP contribution in [0.2, 0.25) is 0 Å². The van der Waals surface area contributed by atoms with Crippen molar-refractivity contribution < 1.29 is 14.6 Å². The van der Waals surface area contributed by atoms with Gasteiger partial charge in [0.25, 0.3) is 0 Å². The minimum atomic E-state index is -0.536. The van der Waals surface area contributed by atoms with Gasteiger partial charge in [-0.1, -0.05) is 19.8 Å². The summed E-state index contributed by atoms with van der Waals surface area (Å²) in [7, 11) is 0. The van der Waals surface area contributed by atoms with E-state index in [9.17, 15) is 5.11 Å². The van der Waals surface area contributed by atoms with Crippen molar-refractivity contribution in [2.75, 3.05) is 6.61 Å². The van der Waals surface area contributed by atoms with Crippen molar-refractivity contribution in [2.24, 2.45) is 5.92 Å². The molecule has 3 atom stereocenters. The van der Waals surface area contributed by atoms with Crippen LogP contribution in [0.3, 0.4) is 0 Å². The molecule has 0 unspecified atom stereocenters. The molecule has 1 heterocycles. The van der Waals surface area contributed by atoms with Gasteiger partial charge in [0.1, 0.15) is 0 Å². The van der Waals surface area contributed by atoms with E-state index < -0.39 is 5.60 Å². The topological polar surface area (TPSA) is 38.7 Å². The summed E-state index contributed by atoms with van der Waals surface area (Å²) in [4.78, 5) is 0.